The number of fused-ring (bicyclic) bond motifs is 1. The topological polar surface area (TPSA) is 64.5 Å². The Hall–Kier alpha value is -3.84. The molecule has 0 atom stereocenters. The van der Waals surface area contributed by atoms with Crippen molar-refractivity contribution in [2.24, 2.45) is 5.92 Å². The van der Waals surface area contributed by atoms with Crippen LogP contribution in [0.2, 0.25) is 0 Å². The van der Waals surface area contributed by atoms with Gasteiger partial charge in [-0.3, -0.25) is 4.79 Å². The highest BCUT2D eigenvalue weighted by molar-refractivity contribution is 7.80. The molecule has 0 saturated carbocycles. The van der Waals surface area contributed by atoms with Crippen LogP contribution < -0.4 is 4.74 Å². The number of aromatic nitrogens is 2. The highest BCUT2D eigenvalue weighted by atomic mass is 32.1. The molecule has 182 valence electrons. The highest BCUT2D eigenvalue weighted by Gasteiger charge is 2.27. The van der Waals surface area contributed by atoms with Gasteiger partial charge in [0.25, 0.3) is 5.17 Å². The fourth-order valence-electron chi connectivity index (χ4n) is 4.42. The first-order chi connectivity index (χ1) is 17.6. The lowest BCUT2D eigenvalue weighted by atomic mass is 9.97. The summed E-state index contributed by atoms with van der Waals surface area (Å²) in [5.41, 5.74) is 5.17. The minimum Gasteiger partial charge on any atom is -0.466 e. The maximum atomic E-state index is 12.0. The molecule has 36 heavy (non-hydrogen) atoms. The SMILES string of the molecule is CCOC(=O)C1CCN(C(=S)Oc2ccc3nc(-c4ccccc4)c(-c4ccccc4)nc3c2)CC1. The lowest BCUT2D eigenvalue weighted by molar-refractivity contribution is -0.149. The molecule has 7 heteroatoms. The molecule has 1 aromatic heterocycles. The number of ether oxygens (including phenoxy) is 2. The standard InChI is InChI=1S/C29H27N3O3S/c1-2-34-28(33)22-15-17-32(18-16-22)29(36)35-23-13-14-24-25(19-23)31-27(21-11-7-4-8-12-21)26(30-24)20-9-5-3-6-10-20/h3-14,19,22H,2,15-18H2,1H3. The summed E-state index contributed by atoms with van der Waals surface area (Å²) in [4.78, 5) is 24.0. The fourth-order valence-corrected chi connectivity index (χ4v) is 4.69. The summed E-state index contributed by atoms with van der Waals surface area (Å²) in [6.07, 6.45) is 1.41. The Bertz CT molecular complexity index is 1370. The van der Waals surface area contributed by atoms with Crippen LogP contribution in [-0.4, -0.2) is 45.7 Å². The third kappa shape index (κ3) is 5.21. The molecule has 0 unspecified atom stereocenters. The number of rotatable bonds is 5. The Morgan fingerprint density at radius 2 is 1.47 bits per heavy atom. The molecule has 3 aromatic carbocycles. The van der Waals surface area contributed by atoms with E-state index in [1.54, 1.807) is 0 Å². The largest absolute Gasteiger partial charge is 0.466 e. The van der Waals surface area contributed by atoms with Crippen molar-refractivity contribution in [3.8, 4) is 28.3 Å². The predicted octanol–water partition coefficient (Wildman–Crippen LogP) is 5.90. The van der Waals surface area contributed by atoms with E-state index in [1.165, 1.54) is 0 Å². The number of hydrogen-bond donors (Lipinski definition) is 0. The predicted molar refractivity (Wildman–Crippen MR) is 145 cm³/mol. The van der Waals surface area contributed by atoms with Gasteiger partial charge in [0.1, 0.15) is 5.75 Å². The molecule has 1 aliphatic rings. The van der Waals surface area contributed by atoms with E-state index in [0.29, 0.717) is 43.5 Å². The van der Waals surface area contributed by atoms with E-state index in [2.05, 4.69) is 0 Å². The number of thiocarbonyl (C=S) groups is 1. The van der Waals surface area contributed by atoms with Crippen molar-refractivity contribution in [1.29, 1.82) is 0 Å². The minimum atomic E-state index is -0.124. The Balaban J connectivity index is 1.39. The van der Waals surface area contributed by atoms with Crippen molar-refractivity contribution in [2.75, 3.05) is 19.7 Å². The van der Waals surface area contributed by atoms with Crippen LogP contribution in [0.3, 0.4) is 0 Å². The minimum absolute atomic E-state index is 0.0739. The smallest absolute Gasteiger partial charge is 0.309 e. The van der Waals surface area contributed by atoms with Crippen LogP contribution in [0.5, 0.6) is 5.75 Å². The zero-order valence-electron chi connectivity index (χ0n) is 20.1. The lowest BCUT2D eigenvalue weighted by Crippen LogP contribution is -2.41. The highest BCUT2D eigenvalue weighted by Crippen LogP contribution is 2.32. The molecular formula is C29H27N3O3S. The number of carbonyl (C=O) groups is 1. The molecule has 0 amide bonds. The van der Waals surface area contributed by atoms with Crippen LogP contribution >= 0.6 is 12.2 Å². The summed E-state index contributed by atoms with van der Waals surface area (Å²) in [5.74, 6) is 0.414. The van der Waals surface area contributed by atoms with Gasteiger partial charge in [-0.1, -0.05) is 60.7 Å². The van der Waals surface area contributed by atoms with E-state index < -0.39 is 0 Å². The fraction of sp³-hybridized carbons (Fsp3) is 0.241. The molecule has 0 aliphatic carbocycles. The summed E-state index contributed by atoms with van der Waals surface area (Å²) >= 11 is 5.57. The summed E-state index contributed by atoms with van der Waals surface area (Å²) in [6, 6.07) is 25.8. The summed E-state index contributed by atoms with van der Waals surface area (Å²) in [6.45, 7) is 3.56. The first kappa shape index (κ1) is 23.9. The molecule has 0 radical (unpaired) electrons. The van der Waals surface area contributed by atoms with Crippen LogP contribution in [0, 0.1) is 5.92 Å². The Kier molecular flexibility index (Phi) is 7.18. The first-order valence-corrected chi connectivity index (χ1v) is 12.6. The van der Waals surface area contributed by atoms with Crippen molar-refractivity contribution >= 4 is 34.4 Å². The lowest BCUT2D eigenvalue weighted by Gasteiger charge is -2.31. The molecule has 0 spiro atoms. The summed E-state index contributed by atoms with van der Waals surface area (Å²) < 4.78 is 11.2. The van der Waals surface area contributed by atoms with Crippen LogP contribution in [0.15, 0.2) is 78.9 Å². The molecule has 6 nitrogen and oxygen atoms in total. The monoisotopic (exact) mass is 497 g/mol. The summed E-state index contributed by atoms with van der Waals surface area (Å²) in [7, 11) is 0. The first-order valence-electron chi connectivity index (χ1n) is 12.2. The second kappa shape index (κ2) is 10.8. The van der Waals surface area contributed by atoms with E-state index in [1.807, 2.05) is 90.7 Å². The quantitative estimate of drug-likeness (QED) is 0.251. The molecule has 1 saturated heterocycles. The van der Waals surface area contributed by atoms with E-state index in [0.717, 1.165) is 33.5 Å². The van der Waals surface area contributed by atoms with E-state index in [-0.39, 0.29) is 11.9 Å². The van der Waals surface area contributed by atoms with Crippen molar-refractivity contribution < 1.29 is 14.3 Å². The van der Waals surface area contributed by atoms with E-state index in [9.17, 15) is 4.79 Å². The second-order valence-corrected chi connectivity index (χ2v) is 9.03. The number of piperidine rings is 1. The van der Waals surface area contributed by atoms with Gasteiger partial charge >= 0.3 is 5.97 Å². The van der Waals surface area contributed by atoms with Gasteiger partial charge in [-0.2, -0.15) is 0 Å². The zero-order chi connectivity index (χ0) is 24.9. The Morgan fingerprint density at radius 1 is 0.889 bits per heavy atom. The molecule has 4 aromatic rings. The number of likely N-dealkylation sites (tertiary alicyclic amines) is 1. The van der Waals surface area contributed by atoms with Gasteiger partial charge < -0.3 is 14.4 Å². The van der Waals surface area contributed by atoms with Crippen molar-refractivity contribution in [3.63, 3.8) is 0 Å². The van der Waals surface area contributed by atoms with E-state index in [4.69, 9.17) is 31.7 Å². The van der Waals surface area contributed by atoms with Gasteiger partial charge in [-0.15, -0.1) is 0 Å². The molecule has 0 bridgehead atoms. The van der Waals surface area contributed by atoms with Crippen LogP contribution in [0.4, 0.5) is 0 Å². The normalized spacial score (nSPS) is 14.0. The van der Waals surface area contributed by atoms with Gasteiger partial charge in [0.05, 0.1) is 34.9 Å². The number of benzene rings is 3. The number of esters is 1. The number of hydrogen-bond acceptors (Lipinski definition) is 6. The van der Waals surface area contributed by atoms with Crippen LogP contribution in [0.1, 0.15) is 19.8 Å². The Morgan fingerprint density at radius 3 is 2.06 bits per heavy atom. The maximum Gasteiger partial charge on any atom is 0.309 e. The number of carbonyl (C=O) groups excluding carboxylic acids is 1. The average molecular weight is 498 g/mol. The molecule has 2 heterocycles. The van der Waals surface area contributed by atoms with Gasteiger partial charge in [-0.05, 0) is 44.1 Å². The van der Waals surface area contributed by atoms with E-state index >= 15 is 0 Å². The van der Waals surface area contributed by atoms with Gasteiger partial charge in [0.15, 0.2) is 0 Å². The maximum absolute atomic E-state index is 12.0. The number of nitrogens with zero attached hydrogens (tertiary/aromatic N) is 3. The van der Waals surface area contributed by atoms with Gasteiger partial charge in [0, 0.05) is 30.3 Å². The molecule has 1 fully saturated rings. The molecule has 1 aliphatic heterocycles. The third-order valence-electron chi connectivity index (χ3n) is 6.31. The van der Waals surface area contributed by atoms with Gasteiger partial charge in [-0.25, -0.2) is 9.97 Å². The van der Waals surface area contributed by atoms with Crippen molar-refractivity contribution in [3.05, 3.63) is 78.9 Å². The van der Waals surface area contributed by atoms with Crippen molar-refractivity contribution in [2.45, 2.75) is 19.8 Å². The Labute approximate surface area is 215 Å². The second-order valence-electron chi connectivity index (χ2n) is 8.68. The van der Waals surface area contributed by atoms with Crippen LogP contribution in [-0.2, 0) is 9.53 Å². The zero-order valence-corrected chi connectivity index (χ0v) is 20.9. The summed E-state index contributed by atoms with van der Waals surface area (Å²) in [5, 5.41) is 0.397. The van der Waals surface area contributed by atoms with Gasteiger partial charge in [0.2, 0.25) is 0 Å². The molecular weight excluding hydrogens is 470 g/mol. The van der Waals surface area contributed by atoms with Crippen molar-refractivity contribution in [1.82, 2.24) is 14.9 Å². The average Bonchev–Trinajstić information content (AvgIpc) is 2.93. The third-order valence-corrected chi connectivity index (χ3v) is 6.65. The van der Waals surface area contributed by atoms with Crippen LogP contribution in [0.25, 0.3) is 33.5 Å². The molecule has 5 rings (SSSR count). The molecule has 0 N–H and O–H groups in total.